The summed E-state index contributed by atoms with van der Waals surface area (Å²) in [5.41, 5.74) is 1.31. The Labute approximate surface area is 68.6 Å². The maximum absolute atomic E-state index is 3.71. The van der Waals surface area contributed by atoms with Gasteiger partial charge in [0.15, 0.2) is 0 Å². The van der Waals surface area contributed by atoms with Crippen LogP contribution in [0.1, 0.15) is 18.9 Å². The minimum absolute atomic E-state index is 0.976. The SMILES string of the molecule is C=CC[C](C)c1ccccc1. The van der Waals surface area contributed by atoms with E-state index in [0.29, 0.717) is 0 Å². The van der Waals surface area contributed by atoms with Gasteiger partial charge in [-0.15, -0.1) is 6.58 Å². The van der Waals surface area contributed by atoms with E-state index in [1.54, 1.807) is 0 Å². The lowest BCUT2D eigenvalue weighted by Gasteiger charge is -2.06. The number of hydrogen-bond donors (Lipinski definition) is 0. The second kappa shape index (κ2) is 3.97. The Kier molecular flexibility index (Phi) is 2.91. The summed E-state index contributed by atoms with van der Waals surface area (Å²) in [6.07, 6.45) is 2.91. The zero-order valence-corrected chi connectivity index (χ0v) is 6.88. The van der Waals surface area contributed by atoms with E-state index < -0.39 is 0 Å². The van der Waals surface area contributed by atoms with Crippen molar-refractivity contribution in [1.82, 2.24) is 0 Å². The maximum atomic E-state index is 3.71. The molecular formula is C11H13. The number of allylic oxidation sites excluding steroid dienone is 1. The minimum atomic E-state index is 0.976. The highest BCUT2D eigenvalue weighted by molar-refractivity contribution is 5.29. The van der Waals surface area contributed by atoms with Gasteiger partial charge in [0.05, 0.1) is 0 Å². The summed E-state index contributed by atoms with van der Waals surface area (Å²) in [6, 6.07) is 10.4. The van der Waals surface area contributed by atoms with Crippen molar-refractivity contribution in [3.63, 3.8) is 0 Å². The largest absolute Gasteiger partial charge is 0.103 e. The Morgan fingerprint density at radius 1 is 1.36 bits per heavy atom. The molecule has 1 aromatic rings. The number of hydrogen-bond acceptors (Lipinski definition) is 0. The normalized spacial score (nSPS) is 10.0. The van der Waals surface area contributed by atoms with Crippen LogP contribution in [0.2, 0.25) is 0 Å². The standard InChI is InChI=1S/C11H13/c1-3-7-10(2)11-8-5-4-6-9-11/h3-6,8-9H,1,7H2,2H3. The van der Waals surface area contributed by atoms with Gasteiger partial charge in [0.1, 0.15) is 0 Å². The van der Waals surface area contributed by atoms with Gasteiger partial charge in [0, 0.05) is 5.92 Å². The van der Waals surface area contributed by atoms with E-state index in [1.807, 2.05) is 12.1 Å². The topological polar surface area (TPSA) is 0 Å². The van der Waals surface area contributed by atoms with Gasteiger partial charge in [-0.25, -0.2) is 0 Å². The van der Waals surface area contributed by atoms with Crippen molar-refractivity contribution in [2.45, 2.75) is 13.3 Å². The predicted molar refractivity (Wildman–Crippen MR) is 49.3 cm³/mol. The van der Waals surface area contributed by atoms with E-state index in [1.165, 1.54) is 11.5 Å². The second-order valence-electron chi connectivity index (χ2n) is 2.64. The maximum Gasteiger partial charge on any atom is 0.00561 e. The molecule has 0 atom stereocenters. The summed E-state index contributed by atoms with van der Waals surface area (Å²) in [4.78, 5) is 0. The molecule has 0 saturated heterocycles. The summed E-state index contributed by atoms with van der Waals surface area (Å²) in [5, 5.41) is 0. The summed E-state index contributed by atoms with van der Waals surface area (Å²) >= 11 is 0. The lowest BCUT2D eigenvalue weighted by Crippen LogP contribution is -1.90. The molecule has 0 fully saturated rings. The van der Waals surface area contributed by atoms with E-state index in [2.05, 4.69) is 37.8 Å². The van der Waals surface area contributed by atoms with Gasteiger partial charge >= 0.3 is 0 Å². The molecular weight excluding hydrogens is 132 g/mol. The third kappa shape index (κ3) is 2.23. The molecule has 0 bridgehead atoms. The smallest absolute Gasteiger partial charge is 0.00561 e. The second-order valence-corrected chi connectivity index (χ2v) is 2.64. The van der Waals surface area contributed by atoms with Crippen LogP contribution in [0.25, 0.3) is 0 Å². The lowest BCUT2D eigenvalue weighted by molar-refractivity contribution is 1.03. The number of benzene rings is 1. The highest BCUT2D eigenvalue weighted by atomic mass is 14.0. The molecule has 1 radical (unpaired) electrons. The van der Waals surface area contributed by atoms with E-state index in [0.717, 1.165) is 6.42 Å². The molecule has 57 valence electrons. The van der Waals surface area contributed by atoms with E-state index in [-0.39, 0.29) is 0 Å². The Morgan fingerprint density at radius 3 is 2.55 bits per heavy atom. The van der Waals surface area contributed by atoms with Crippen molar-refractivity contribution in [3.8, 4) is 0 Å². The van der Waals surface area contributed by atoms with Crippen LogP contribution < -0.4 is 0 Å². The van der Waals surface area contributed by atoms with Crippen LogP contribution >= 0.6 is 0 Å². The molecule has 0 heterocycles. The zero-order chi connectivity index (χ0) is 8.10. The molecule has 0 aliphatic carbocycles. The van der Waals surface area contributed by atoms with Gasteiger partial charge in [-0.05, 0) is 12.0 Å². The van der Waals surface area contributed by atoms with Crippen molar-refractivity contribution in [2.24, 2.45) is 0 Å². The summed E-state index contributed by atoms with van der Waals surface area (Å²) in [5.74, 6) is 1.38. The van der Waals surface area contributed by atoms with Crippen LogP contribution in [-0.2, 0) is 0 Å². The monoisotopic (exact) mass is 145 g/mol. The van der Waals surface area contributed by atoms with Crippen molar-refractivity contribution < 1.29 is 0 Å². The fourth-order valence-electron chi connectivity index (χ4n) is 1.06. The molecule has 0 saturated carbocycles. The van der Waals surface area contributed by atoms with Crippen LogP contribution in [0.15, 0.2) is 43.0 Å². The van der Waals surface area contributed by atoms with Crippen molar-refractivity contribution in [3.05, 3.63) is 54.5 Å². The molecule has 0 aliphatic rings. The van der Waals surface area contributed by atoms with Gasteiger partial charge in [0.25, 0.3) is 0 Å². The quantitative estimate of drug-likeness (QED) is 0.573. The molecule has 0 aliphatic heterocycles. The first-order valence-electron chi connectivity index (χ1n) is 3.83. The van der Waals surface area contributed by atoms with Crippen molar-refractivity contribution in [1.29, 1.82) is 0 Å². The first kappa shape index (κ1) is 8.06. The van der Waals surface area contributed by atoms with Gasteiger partial charge in [-0.1, -0.05) is 43.3 Å². The zero-order valence-electron chi connectivity index (χ0n) is 6.88. The molecule has 0 heteroatoms. The molecule has 0 amide bonds. The molecule has 0 N–H and O–H groups in total. The van der Waals surface area contributed by atoms with Crippen LogP contribution in [0, 0.1) is 5.92 Å². The average molecular weight is 145 g/mol. The highest BCUT2D eigenvalue weighted by Gasteiger charge is 2.00. The summed E-state index contributed by atoms with van der Waals surface area (Å²) in [6.45, 7) is 5.84. The van der Waals surface area contributed by atoms with E-state index in [9.17, 15) is 0 Å². The van der Waals surface area contributed by atoms with Crippen LogP contribution in [0.5, 0.6) is 0 Å². The third-order valence-electron chi connectivity index (χ3n) is 1.72. The third-order valence-corrected chi connectivity index (χ3v) is 1.72. The molecule has 0 unspecified atom stereocenters. The Morgan fingerprint density at radius 2 is 2.00 bits per heavy atom. The molecule has 0 aromatic heterocycles. The van der Waals surface area contributed by atoms with Gasteiger partial charge in [-0.3, -0.25) is 0 Å². The fraction of sp³-hybridized carbons (Fsp3) is 0.182. The number of rotatable bonds is 3. The molecule has 11 heavy (non-hydrogen) atoms. The van der Waals surface area contributed by atoms with Gasteiger partial charge in [0.2, 0.25) is 0 Å². The van der Waals surface area contributed by atoms with Crippen LogP contribution in [0.4, 0.5) is 0 Å². The van der Waals surface area contributed by atoms with Crippen molar-refractivity contribution >= 4 is 0 Å². The average Bonchev–Trinajstić information content (AvgIpc) is 2.07. The lowest BCUT2D eigenvalue weighted by atomic mass is 9.98. The molecule has 0 nitrogen and oxygen atoms in total. The summed E-state index contributed by atoms with van der Waals surface area (Å²) in [7, 11) is 0. The predicted octanol–water partition coefficient (Wildman–Crippen LogP) is 3.21. The van der Waals surface area contributed by atoms with Gasteiger partial charge < -0.3 is 0 Å². The van der Waals surface area contributed by atoms with E-state index >= 15 is 0 Å². The fourth-order valence-corrected chi connectivity index (χ4v) is 1.06. The van der Waals surface area contributed by atoms with Crippen molar-refractivity contribution in [2.75, 3.05) is 0 Å². The molecule has 0 spiro atoms. The molecule has 1 aromatic carbocycles. The highest BCUT2D eigenvalue weighted by Crippen LogP contribution is 2.16. The van der Waals surface area contributed by atoms with Crippen LogP contribution in [0.3, 0.4) is 0 Å². The first-order chi connectivity index (χ1) is 5.34. The Balaban J connectivity index is 2.68. The minimum Gasteiger partial charge on any atom is -0.103 e. The van der Waals surface area contributed by atoms with E-state index in [4.69, 9.17) is 0 Å². The Bertz CT molecular complexity index is 211. The van der Waals surface area contributed by atoms with Crippen LogP contribution in [-0.4, -0.2) is 0 Å². The van der Waals surface area contributed by atoms with Gasteiger partial charge in [-0.2, -0.15) is 0 Å². The molecule has 1 rings (SSSR count). The summed E-state index contributed by atoms with van der Waals surface area (Å²) < 4.78 is 0. The Hall–Kier alpha value is -1.04. The first-order valence-corrected chi connectivity index (χ1v) is 3.83.